The van der Waals surface area contributed by atoms with Gasteiger partial charge in [-0.25, -0.2) is 8.91 Å². The van der Waals surface area contributed by atoms with Gasteiger partial charge in [0, 0.05) is 48.4 Å². The van der Waals surface area contributed by atoms with Gasteiger partial charge in [-0.2, -0.15) is 5.10 Å². The van der Waals surface area contributed by atoms with Crippen LogP contribution >= 0.6 is 0 Å². The van der Waals surface area contributed by atoms with Crippen LogP contribution in [0.1, 0.15) is 11.7 Å². The molecule has 4 aromatic rings. The predicted octanol–water partition coefficient (Wildman–Crippen LogP) is 3.86. The van der Waals surface area contributed by atoms with Crippen molar-refractivity contribution in [1.82, 2.24) is 19.9 Å². The summed E-state index contributed by atoms with van der Waals surface area (Å²) >= 11 is 0. The minimum Gasteiger partial charge on any atom is -0.371 e. The van der Waals surface area contributed by atoms with Gasteiger partial charge in [0.25, 0.3) is 0 Å². The van der Waals surface area contributed by atoms with Crippen LogP contribution in [0, 0.1) is 5.82 Å². The van der Waals surface area contributed by atoms with Gasteiger partial charge in [-0.3, -0.25) is 4.98 Å². The number of hydrogen-bond acceptors (Lipinski definition) is 4. The molecule has 0 bridgehead atoms. The maximum Gasteiger partial charge on any atom is 0.123 e. The van der Waals surface area contributed by atoms with Crippen LogP contribution in [0.15, 0.2) is 67.1 Å². The van der Waals surface area contributed by atoms with Crippen molar-refractivity contribution in [2.24, 2.45) is 0 Å². The number of halogens is 1. The molecule has 1 atom stereocenters. The average Bonchev–Trinajstić information content (AvgIpc) is 3.14. The minimum atomic E-state index is -0.262. The molecule has 1 N–H and O–H groups in total. The molecule has 0 saturated carbocycles. The zero-order valence-corrected chi connectivity index (χ0v) is 15.2. The first-order chi connectivity index (χ1) is 13.8. The number of morpholine rings is 1. The van der Waals surface area contributed by atoms with Gasteiger partial charge in [0.05, 0.1) is 18.2 Å². The second-order valence-electron chi connectivity index (χ2n) is 6.82. The zero-order valence-electron chi connectivity index (χ0n) is 15.2. The molecule has 0 unspecified atom stereocenters. The van der Waals surface area contributed by atoms with Crippen molar-refractivity contribution in [3.05, 3.63) is 78.5 Å². The largest absolute Gasteiger partial charge is 0.371 e. The molecule has 0 amide bonds. The topological polar surface area (TPSA) is 51.5 Å². The van der Waals surface area contributed by atoms with Gasteiger partial charge in [0.2, 0.25) is 0 Å². The van der Waals surface area contributed by atoms with E-state index in [4.69, 9.17) is 9.84 Å². The lowest BCUT2D eigenvalue weighted by molar-refractivity contribution is 0.0274. The van der Waals surface area contributed by atoms with Crippen LogP contribution in [0.5, 0.6) is 0 Å². The van der Waals surface area contributed by atoms with E-state index >= 15 is 0 Å². The van der Waals surface area contributed by atoms with Crippen LogP contribution in [0.2, 0.25) is 0 Å². The number of hydrogen-bond donors (Lipinski definition) is 1. The Balaban J connectivity index is 1.69. The summed E-state index contributed by atoms with van der Waals surface area (Å²) in [5.41, 5.74) is 5.77. The van der Waals surface area contributed by atoms with E-state index in [9.17, 15) is 4.39 Å². The van der Waals surface area contributed by atoms with Crippen LogP contribution in [-0.2, 0) is 4.74 Å². The molecule has 1 aliphatic heterocycles. The van der Waals surface area contributed by atoms with Crippen molar-refractivity contribution >= 4 is 5.52 Å². The van der Waals surface area contributed by atoms with Crippen molar-refractivity contribution in [1.29, 1.82) is 0 Å². The molecule has 3 aromatic heterocycles. The molecular formula is C22H19FN4O. The van der Waals surface area contributed by atoms with Crippen molar-refractivity contribution in [3.8, 4) is 22.4 Å². The molecule has 4 heterocycles. The summed E-state index contributed by atoms with van der Waals surface area (Å²) in [4.78, 5) is 4.12. The van der Waals surface area contributed by atoms with Crippen LogP contribution in [0.25, 0.3) is 27.9 Å². The number of rotatable bonds is 3. The van der Waals surface area contributed by atoms with Crippen LogP contribution in [0.4, 0.5) is 4.39 Å². The summed E-state index contributed by atoms with van der Waals surface area (Å²) in [6, 6.07) is 14.5. The molecule has 140 valence electrons. The third-order valence-corrected chi connectivity index (χ3v) is 5.04. The quantitative estimate of drug-likeness (QED) is 0.592. The van der Waals surface area contributed by atoms with E-state index in [1.54, 1.807) is 24.5 Å². The highest BCUT2D eigenvalue weighted by Gasteiger charge is 2.20. The summed E-state index contributed by atoms with van der Waals surface area (Å²) in [6.45, 7) is 2.36. The van der Waals surface area contributed by atoms with E-state index in [0.29, 0.717) is 6.61 Å². The number of ether oxygens (including phenoxy) is 1. The van der Waals surface area contributed by atoms with Crippen molar-refractivity contribution < 1.29 is 9.13 Å². The van der Waals surface area contributed by atoms with Crippen molar-refractivity contribution in [2.45, 2.75) is 6.10 Å². The highest BCUT2D eigenvalue weighted by atomic mass is 19.1. The molecule has 1 saturated heterocycles. The smallest absolute Gasteiger partial charge is 0.123 e. The fourth-order valence-corrected chi connectivity index (χ4v) is 3.65. The summed E-state index contributed by atoms with van der Waals surface area (Å²) < 4.78 is 21.2. The summed E-state index contributed by atoms with van der Waals surface area (Å²) in [5.74, 6) is -0.262. The first kappa shape index (κ1) is 17.0. The summed E-state index contributed by atoms with van der Waals surface area (Å²) in [6.07, 6.45) is 5.57. The minimum absolute atomic E-state index is 0.0148. The molecule has 0 aliphatic carbocycles. The Hall–Kier alpha value is -3.09. The molecule has 1 aliphatic rings. The third kappa shape index (κ3) is 3.06. The van der Waals surface area contributed by atoms with Crippen molar-refractivity contribution in [2.75, 3.05) is 19.7 Å². The van der Waals surface area contributed by atoms with Gasteiger partial charge in [-0.15, -0.1) is 0 Å². The van der Waals surface area contributed by atoms with Gasteiger partial charge < -0.3 is 10.1 Å². The Labute approximate surface area is 161 Å². The van der Waals surface area contributed by atoms with Gasteiger partial charge in [-0.05, 0) is 48.0 Å². The second kappa shape index (κ2) is 7.14. The van der Waals surface area contributed by atoms with Crippen LogP contribution in [0.3, 0.4) is 0 Å². The number of nitrogens with one attached hydrogen (secondary N) is 1. The molecule has 5 rings (SSSR count). The van der Waals surface area contributed by atoms with Gasteiger partial charge >= 0.3 is 0 Å². The molecule has 5 nitrogen and oxygen atoms in total. The maximum atomic E-state index is 13.4. The highest BCUT2D eigenvalue weighted by Crippen LogP contribution is 2.35. The Morgan fingerprint density at radius 3 is 2.57 bits per heavy atom. The highest BCUT2D eigenvalue weighted by molar-refractivity contribution is 5.92. The predicted molar refractivity (Wildman–Crippen MR) is 105 cm³/mol. The van der Waals surface area contributed by atoms with Gasteiger partial charge in [-0.1, -0.05) is 6.07 Å². The molecule has 0 radical (unpaired) electrons. The van der Waals surface area contributed by atoms with E-state index in [-0.39, 0.29) is 11.9 Å². The Bertz CT molecular complexity index is 1100. The van der Waals surface area contributed by atoms with E-state index in [2.05, 4.69) is 22.4 Å². The summed E-state index contributed by atoms with van der Waals surface area (Å²) in [7, 11) is 0. The molecule has 6 heteroatoms. The Morgan fingerprint density at radius 1 is 1.00 bits per heavy atom. The number of benzene rings is 1. The fraction of sp³-hybridized carbons (Fsp3) is 0.182. The number of pyridine rings is 2. The van der Waals surface area contributed by atoms with Gasteiger partial charge in [0.1, 0.15) is 11.5 Å². The second-order valence-corrected chi connectivity index (χ2v) is 6.82. The first-order valence-electron chi connectivity index (χ1n) is 9.30. The lowest BCUT2D eigenvalue weighted by atomic mass is 10.0. The normalized spacial score (nSPS) is 17.1. The SMILES string of the molecule is Fc1ccc(-c2nn3cc([C@H]4CNCCO4)ccc3c2-c2ccncc2)cc1. The number of nitrogens with zero attached hydrogens (tertiary/aromatic N) is 3. The molecule has 1 aromatic carbocycles. The van der Waals surface area contributed by atoms with Gasteiger partial charge in [0.15, 0.2) is 0 Å². The fourth-order valence-electron chi connectivity index (χ4n) is 3.65. The molecular weight excluding hydrogens is 355 g/mol. The Morgan fingerprint density at radius 2 is 1.82 bits per heavy atom. The van der Waals surface area contributed by atoms with E-state index in [0.717, 1.165) is 46.6 Å². The standard InChI is InChI=1S/C22H19FN4O/c23-18-4-1-16(2-5-18)22-21(15-7-9-24-10-8-15)19-6-3-17(14-27(19)26-22)20-13-25-11-12-28-20/h1-10,14,20,25H,11-13H2/t20-/m1/s1. The monoisotopic (exact) mass is 374 g/mol. The molecule has 0 spiro atoms. The lowest BCUT2D eigenvalue weighted by Crippen LogP contribution is -2.33. The lowest BCUT2D eigenvalue weighted by Gasteiger charge is -2.23. The number of fused-ring (bicyclic) bond motifs is 1. The van der Waals surface area contributed by atoms with E-state index in [1.807, 2.05) is 22.8 Å². The first-order valence-corrected chi connectivity index (χ1v) is 9.30. The third-order valence-electron chi connectivity index (χ3n) is 5.04. The zero-order chi connectivity index (χ0) is 18.9. The number of aromatic nitrogens is 3. The Kier molecular flexibility index (Phi) is 4.35. The van der Waals surface area contributed by atoms with Crippen molar-refractivity contribution in [3.63, 3.8) is 0 Å². The van der Waals surface area contributed by atoms with E-state index in [1.165, 1.54) is 12.1 Å². The average molecular weight is 374 g/mol. The van der Waals surface area contributed by atoms with Crippen LogP contribution < -0.4 is 5.32 Å². The molecule has 1 fully saturated rings. The van der Waals surface area contributed by atoms with E-state index < -0.39 is 0 Å². The van der Waals surface area contributed by atoms with Crippen LogP contribution in [-0.4, -0.2) is 34.3 Å². The molecule has 28 heavy (non-hydrogen) atoms. The summed E-state index contributed by atoms with van der Waals surface area (Å²) in [5, 5.41) is 8.20. The maximum absolute atomic E-state index is 13.4.